The van der Waals surface area contributed by atoms with Gasteiger partial charge >= 0.3 is 11.9 Å². The summed E-state index contributed by atoms with van der Waals surface area (Å²) >= 11 is 4.03. The maximum atomic E-state index is 12.6. The molecule has 0 spiro atoms. The zero-order valence-corrected chi connectivity index (χ0v) is 18.7. The first-order chi connectivity index (χ1) is 15.4. The van der Waals surface area contributed by atoms with Crippen LogP contribution in [0.1, 0.15) is 25.3 Å². The van der Waals surface area contributed by atoms with Crippen molar-refractivity contribution in [3.63, 3.8) is 0 Å². The third kappa shape index (κ3) is 9.78. The molecule has 4 unspecified atom stereocenters. The molecule has 33 heavy (non-hydrogen) atoms. The number of phenolic OH excluding ortho intramolecular Hbond substituents is 1. The second-order valence-electron chi connectivity index (χ2n) is 7.28. The number of hydrogen-bond donors (Lipinski definition) is 8. The second kappa shape index (κ2) is 13.3. The Morgan fingerprint density at radius 2 is 1.48 bits per heavy atom. The number of benzene rings is 1. The van der Waals surface area contributed by atoms with Crippen LogP contribution in [0.25, 0.3) is 0 Å². The fourth-order valence-electron chi connectivity index (χ4n) is 2.64. The molecule has 0 saturated carbocycles. The van der Waals surface area contributed by atoms with Crippen molar-refractivity contribution in [2.75, 3.05) is 5.75 Å². The van der Waals surface area contributed by atoms with E-state index < -0.39 is 60.2 Å². The molecule has 12 nitrogen and oxygen atoms in total. The minimum absolute atomic E-state index is 0.0582. The van der Waals surface area contributed by atoms with Crippen LogP contribution in [0.4, 0.5) is 0 Å². The summed E-state index contributed by atoms with van der Waals surface area (Å²) in [6.07, 6.45) is -0.633. The molecule has 0 heterocycles. The van der Waals surface area contributed by atoms with Crippen molar-refractivity contribution in [3.05, 3.63) is 29.8 Å². The summed E-state index contributed by atoms with van der Waals surface area (Å²) in [5, 5.41) is 34.0. The topological polar surface area (TPSA) is 208 Å². The van der Waals surface area contributed by atoms with Gasteiger partial charge in [-0.25, -0.2) is 0 Å². The molecule has 1 rings (SSSR count). The van der Waals surface area contributed by atoms with E-state index in [1.807, 2.05) is 0 Å². The van der Waals surface area contributed by atoms with Gasteiger partial charge in [-0.05, 0) is 37.5 Å². The second-order valence-corrected chi connectivity index (χ2v) is 7.65. The number of nitrogens with two attached hydrogens (primary N) is 1. The molecule has 0 bridgehead atoms. The number of thiol groups is 1. The molecule has 0 aliphatic rings. The van der Waals surface area contributed by atoms with Gasteiger partial charge in [-0.2, -0.15) is 12.6 Å². The van der Waals surface area contributed by atoms with Crippen LogP contribution in [0.2, 0.25) is 0 Å². The molecular formula is C20H28N4O8S. The lowest BCUT2D eigenvalue weighted by atomic mass is 10.1. The zero-order valence-electron chi connectivity index (χ0n) is 17.9. The maximum absolute atomic E-state index is 12.6. The highest BCUT2D eigenvalue weighted by molar-refractivity contribution is 7.80. The number of aliphatic carboxylic acids is 2. The lowest BCUT2D eigenvalue weighted by Crippen LogP contribution is -2.57. The number of aromatic hydroxyl groups is 1. The van der Waals surface area contributed by atoms with Crippen LogP contribution in [0.15, 0.2) is 24.3 Å². The van der Waals surface area contributed by atoms with Gasteiger partial charge in [-0.3, -0.25) is 24.0 Å². The molecule has 0 saturated heterocycles. The van der Waals surface area contributed by atoms with Crippen LogP contribution in [0, 0.1) is 0 Å². The van der Waals surface area contributed by atoms with Crippen molar-refractivity contribution in [3.8, 4) is 5.75 Å². The van der Waals surface area contributed by atoms with Crippen LogP contribution in [0.5, 0.6) is 5.75 Å². The van der Waals surface area contributed by atoms with Crippen LogP contribution >= 0.6 is 12.6 Å². The third-order valence-electron chi connectivity index (χ3n) is 4.55. The van der Waals surface area contributed by atoms with E-state index >= 15 is 0 Å². The van der Waals surface area contributed by atoms with Gasteiger partial charge in [0.25, 0.3) is 0 Å². The predicted octanol–water partition coefficient (Wildman–Crippen LogP) is -1.38. The number of carboxylic acids is 2. The van der Waals surface area contributed by atoms with E-state index in [1.165, 1.54) is 19.1 Å². The van der Waals surface area contributed by atoms with Gasteiger partial charge in [0, 0.05) is 12.2 Å². The monoisotopic (exact) mass is 484 g/mol. The Bertz CT molecular complexity index is 864. The quantitative estimate of drug-likeness (QED) is 0.155. The van der Waals surface area contributed by atoms with Gasteiger partial charge < -0.3 is 37.0 Å². The van der Waals surface area contributed by atoms with Crippen LogP contribution in [0.3, 0.4) is 0 Å². The Kier molecular flexibility index (Phi) is 11.2. The molecule has 0 aliphatic heterocycles. The molecule has 182 valence electrons. The normalized spacial score (nSPS) is 14.3. The Balaban J connectivity index is 2.79. The molecule has 0 radical (unpaired) electrons. The number of carbonyl (C=O) groups excluding carboxylic acids is 3. The number of phenols is 1. The molecule has 0 fully saturated rings. The largest absolute Gasteiger partial charge is 0.508 e. The fourth-order valence-corrected chi connectivity index (χ4v) is 2.89. The number of hydrogen-bond acceptors (Lipinski definition) is 8. The first-order valence-electron chi connectivity index (χ1n) is 9.94. The highest BCUT2D eigenvalue weighted by atomic mass is 32.1. The van der Waals surface area contributed by atoms with E-state index in [2.05, 4.69) is 28.6 Å². The number of nitrogens with one attached hydrogen (secondary N) is 3. The van der Waals surface area contributed by atoms with E-state index in [1.54, 1.807) is 12.1 Å². The van der Waals surface area contributed by atoms with Crippen molar-refractivity contribution in [1.82, 2.24) is 16.0 Å². The van der Waals surface area contributed by atoms with Gasteiger partial charge in [-0.1, -0.05) is 12.1 Å². The summed E-state index contributed by atoms with van der Waals surface area (Å²) in [5.74, 6) is -4.98. The summed E-state index contributed by atoms with van der Waals surface area (Å²) in [7, 11) is 0. The summed E-state index contributed by atoms with van der Waals surface area (Å²) in [5.41, 5.74) is 6.57. The van der Waals surface area contributed by atoms with E-state index in [0.717, 1.165) is 0 Å². The van der Waals surface area contributed by atoms with Gasteiger partial charge in [-0.15, -0.1) is 0 Å². The van der Waals surface area contributed by atoms with Gasteiger partial charge in [0.2, 0.25) is 17.7 Å². The molecule has 0 aliphatic carbocycles. The Hall–Kier alpha value is -3.32. The molecule has 1 aromatic carbocycles. The summed E-state index contributed by atoms with van der Waals surface area (Å²) < 4.78 is 0. The minimum Gasteiger partial charge on any atom is -0.508 e. The van der Waals surface area contributed by atoms with Crippen molar-refractivity contribution in [2.45, 2.75) is 50.4 Å². The average Bonchev–Trinajstić information content (AvgIpc) is 2.75. The van der Waals surface area contributed by atoms with Crippen LogP contribution in [-0.4, -0.2) is 74.9 Å². The highest BCUT2D eigenvalue weighted by Crippen LogP contribution is 2.11. The Morgan fingerprint density at radius 1 is 0.939 bits per heavy atom. The maximum Gasteiger partial charge on any atom is 0.325 e. The summed E-state index contributed by atoms with van der Waals surface area (Å²) in [6, 6.07) is 1.25. The van der Waals surface area contributed by atoms with Gasteiger partial charge in [0.1, 0.15) is 23.9 Å². The molecule has 3 amide bonds. The van der Waals surface area contributed by atoms with Crippen molar-refractivity contribution in [2.24, 2.45) is 5.73 Å². The van der Waals surface area contributed by atoms with E-state index in [0.29, 0.717) is 5.56 Å². The average molecular weight is 485 g/mol. The van der Waals surface area contributed by atoms with Gasteiger partial charge in [0.05, 0.1) is 6.04 Å². The zero-order chi connectivity index (χ0) is 25.1. The first-order valence-corrected chi connectivity index (χ1v) is 10.6. The Morgan fingerprint density at radius 3 is 2.00 bits per heavy atom. The van der Waals surface area contributed by atoms with Gasteiger partial charge in [0.15, 0.2) is 0 Å². The molecule has 8 N–H and O–H groups in total. The molecular weight excluding hydrogens is 456 g/mol. The summed E-state index contributed by atoms with van der Waals surface area (Å²) in [6.45, 7) is 1.21. The first kappa shape index (κ1) is 27.7. The Labute approximate surface area is 195 Å². The van der Waals surface area contributed by atoms with E-state index in [-0.39, 0.29) is 24.3 Å². The summed E-state index contributed by atoms with van der Waals surface area (Å²) in [4.78, 5) is 59.2. The third-order valence-corrected chi connectivity index (χ3v) is 4.92. The smallest absolute Gasteiger partial charge is 0.325 e. The number of amides is 3. The van der Waals surface area contributed by atoms with Crippen LogP contribution < -0.4 is 21.7 Å². The molecule has 13 heteroatoms. The lowest BCUT2D eigenvalue weighted by molar-refractivity contribution is -0.142. The standard InChI is InChI=1S/C20H28N4O8S/c1-10(20(31)32)22-18(29)14(6-7-16(26)27)23-19(30)15(9-33)24-17(28)13(21)8-11-2-4-12(25)5-3-11/h2-5,10,13-15,25,33H,6-9,21H2,1H3,(H,22,29)(H,23,30)(H,24,28)(H,26,27)(H,31,32). The highest BCUT2D eigenvalue weighted by Gasteiger charge is 2.29. The van der Waals surface area contributed by atoms with Crippen molar-refractivity contribution < 1.29 is 39.3 Å². The number of carboxylic acid groups (broad SMARTS) is 2. The number of rotatable bonds is 13. The molecule has 4 atom stereocenters. The van der Waals surface area contributed by atoms with Crippen molar-refractivity contribution in [1.29, 1.82) is 0 Å². The number of carbonyl (C=O) groups is 5. The fraction of sp³-hybridized carbons (Fsp3) is 0.450. The molecule has 1 aromatic rings. The van der Waals surface area contributed by atoms with E-state index in [4.69, 9.17) is 15.9 Å². The lowest BCUT2D eigenvalue weighted by Gasteiger charge is -2.23. The molecule has 0 aromatic heterocycles. The SMILES string of the molecule is CC(NC(=O)C(CCC(=O)O)NC(=O)C(CS)NC(=O)C(N)Cc1ccc(O)cc1)C(=O)O. The van der Waals surface area contributed by atoms with Crippen molar-refractivity contribution >= 4 is 42.3 Å². The van der Waals surface area contributed by atoms with Crippen LogP contribution in [-0.2, 0) is 30.4 Å². The van der Waals surface area contributed by atoms with E-state index in [9.17, 15) is 29.1 Å². The predicted molar refractivity (Wildman–Crippen MR) is 120 cm³/mol. The minimum atomic E-state index is -1.35.